The molecule has 0 fully saturated rings. The molecule has 4 nitrogen and oxygen atoms in total. The number of aromatic nitrogens is 1. The van der Waals surface area contributed by atoms with Gasteiger partial charge >= 0.3 is 0 Å². The highest BCUT2D eigenvalue weighted by Crippen LogP contribution is 2.17. The Balaban J connectivity index is 1.91. The molecule has 0 spiro atoms. The van der Waals surface area contributed by atoms with Gasteiger partial charge in [0, 0.05) is 18.9 Å². The molecule has 2 aromatic rings. The number of nitrogens with one attached hydrogen (secondary N) is 1. The van der Waals surface area contributed by atoms with E-state index in [2.05, 4.69) is 10.3 Å². The summed E-state index contributed by atoms with van der Waals surface area (Å²) < 4.78 is 0. The summed E-state index contributed by atoms with van der Waals surface area (Å²) in [6.07, 6.45) is 4.19. The second-order valence-electron chi connectivity index (χ2n) is 4.38. The van der Waals surface area contributed by atoms with Crippen molar-refractivity contribution in [2.24, 2.45) is 0 Å². The maximum Gasteiger partial charge on any atom is 0.255 e. The largest absolute Gasteiger partial charge is 0.507 e. The van der Waals surface area contributed by atoms with Gasteiger partial charge in [0.05, 0.1) is 5.56 Å². The van der Waals surface area contributed by atoms with Crippen LogP contribution in [0.1, 0.15) is 21.5 Å². The van der Waals surface area contributed by atoms with Crippen molar-refractivity contribution in [2.45, 2.75) is 13.3 Å². The van der Waals surface area contributed by atoms with Gasteiger partial charge in [-0.25, -0.2) is 0 Å². The van der Waals surface area contributed by atoms with Crippen molar-refractivity contribution < 1.29 is 9.90 Å². The van der Waals surface area contributed by atoms with E-state index in [-0.39, 0.29) is 11.7 Å². The van der Waals surface area contributed by atoms with E-state index in [1.165, 1.54) is 0 Å². The first-order valence-corrected chi connectivity index (χ1v) is 6.13. The number of rotatable bonds is 4. The molecule has 0 aliphatic rings. The summed E-state index contributed by atoms with van der Waals surface area (Å²) in [5, 5.41) is 12.5. The van der Waals surface area contributed by atoms with Gasteiger partial charge in [0.25, 0.3) is 5.91 Å². The standard InChI is InChI=1S/C15H16N2O2/c1-11-2-3-13(14(18)10-11)15(19)17-9-6-12-4-7-16-8-5-12/h2-5,7-8,10,18H,6,9H2,1H3,(H,17,19). The van der Waals surface area contributed by atoms with Crippen LogP contribution in [0.25, 0.3) is 0 Å². The van der Waals surface area contributed by atoms with Crippen LogP contribution >= 0.6 is 0 Å². The zero-order valence-electron chi connectivity index (χ0n) is 10.8. The number of phenolic OH excluding ortho intramolecular Hbond substituents is 1. The Labute approximate surface area is 112 Å². The number of benzene rings is 1. The van der Waals surface area contributed by atoms with Gasteiger partial charge in [-0.2, -0.15) is 0 Å². The smallest absolute Gasteiger partial charge is 0.255 e. The van der Waals surface area contributed by atoms with Crippen LogP contribution in [-0.2, 0) is 6.42 Å². The zero-order chi connectivity index (χ0) is 13.7. The Morgan fingerprint density at radius 1 is 1.26 bits per heavy atom. The molecule has 1 aromatic carbocycles. The maximum atomic E-state index is 11.9. The van der Waals surface area contributed by atoms with Crippen LogP contribution in [0.2, 0.25) is 0 Å². The fourth-order valence-corrected chi connectivity index (χ4v) is 1.80. The summed E-state index contributed by atoms with van der Waals surface area (Å²) in [7, 11) is 0. The predicted molar refractivity (Wildman–Crippen MR) is 73.1 cm³/mol. The molecular formula is C15H16N2O2. The van der Waals surface area contributed by atoms with E-state index >= 15 is 0 Å². The zero-order valence-corrected chi connectivity index (χ0v) is 10.8. The molecule has 0 radical (unpaired) electrons. The summed E-state index contributed by atoms with van der Waals surface area (Å²) in [5.74, 6) is -0.243. The third-order valence-corrected chi connectivity index (χ3v) is 2.85. The predicted octanol–water partition coefficient (Wildman–Crippen LogP) is 2.07. The molecule has 1 amide bonds. The summed E-state index contributed by atoms with van der Waals surface area (Å²) in [6.45, 7) is 2.39. The van der Waals surface area contributed by atoms with Crippen molar-refractivity contribution in [1.29, 1.82) is 0 Å². The third-order valence-electron chi connectivity index (χ3n) is 2.85. The SMILES string of the molecule is Cc1ccc(C(=O)NCCc2ccncc2)c(O)c1. The first-order chi connectivity index (χ1) is 9.16. The van der Waals surface area contributed by atoms with Gasteiger partial charge in [0.2, 0.25) is 0 Å². The second-order valence-corrected chi connectivity index (χ2v) is 4.38. The van der Waals surface area contributed by atoms with E-state index in [0.29, 0.717) is 12.1 Å². The molecule has 2 N–H and O–H groups in total. The minimum Gasteiger partial charge on any atom is -0.507 e. The number of pyridine rings is 1. The van der Waals surface area contributed by atoms with Gasteiger partial charge < -0.3 is 10.4 Å². The number of aromatic hydroxyl groups is 1. The van der Waals surface area contributed by atoms with Gasteiger partial charge in [-0.1, -0.05) is 6.07 Å². The highest BCUT2D eigenvalue weighted by molar-refractivity contribution is 5.96. The molecule has 2 rings (SSSR count). The van der Waals surface area contributed by atoms with E-state index in [9.17, 15) is 9.90 Å². The van der Waals surface area contributed by atoms with Gasteiger partial charge in [-0.05, 0) is 48.7 Å². The van der Waals surface area contributed by atoms with E-state index < -0.39 is 0 Å². The normalized spacial score (nSPS) is 10.2. The Bertz CT molecular complexity index is 568. The van der Waals surface area contributed by atoms with Crippen molar-refractivity contribution >= 4 is 5.91 Å². The number of hydrogen-bond donors (Lipinski definition) is 2. The van der Waals surface area contributed by atoms with Crippen LogP contribution < -0.4 is 5.32 Å². The van der Waals surface area contributed by atoms with Crippen molar-refractivity contribution in [3.05, 3.63) is 59.4 Å². The highest BCUT2D eigenvalue weighted by atomic mass is 16.3. The number of nitrogens with zero attached hydrogens (tertiary/aromatic N) is 1. The Morgan fingerprint density at radius 2 is 2.00 bits per heavy atom. The minimum absolute atomic E-state index is 0.0152. The molecule has 0 saturated heterocycles. The van der Waals surface area contributed by atoms with Crippen LogP contribution in [-0.4, -0.2) is 22.5 Å². The molecule has 98 valence electrons. The van der Waals surface area contributed by atoms with Crippen LogP contribution in [0.15, 0.2) is 42.7 Å². The van der Waals surface area contributed by atoms with E-state index in [0.717, 1.165) is 17.5 Å². The lowest BCUT2D eigenvalue weighted by Crippen LogP contribution is -2.25. The molecule has 0 aliphatic carbocycles. The van der Waals surface area contributed by atoms with E-state index in [1.54, 1.807) is 30.6 Å². The van der Waals surface area contributed by atoms with Gasteiger partial charge in [-0.3, -0.25) is 9.78 Å². The van der Waals surface area contributed by atoms with Gasteiger partial charge in [0.1, 0.15) is 5.75 Å². The number of hydrogen-bond acceptors (Lipinski definition) is 3. The Kier molecular flexibility index (Phi) is 4.13. The fraction of sp³-hybridized carbons (Fsp3) is 0.200. The highest BCUT2D eigenvalue weighted by Gasteiger charge is 2.10. The van der Waals surface area contributed by atoms with Crippen LogP contribution in [0.3, 0.4) is 0 Å². The van der Waals surface area contributed by atoms with Crippen molar-refractivity contribution in [3.8, 4) is 5.75 Å². The maximum absolute atomic E-state index is 11.9. The molecule has 19 heavy (non-hydrogen) atoms. The molecule has 0 atom stereocenters. The quantitative estimate of drug-likeness (QED) is 0.880. The van der Waals surface area contributed by atoms with Crippen LogP contribution in [0.4, 0.5) is 0 Å². The number of carbonyl (C=O) groups is 1. The summed E-state index contributed by atoms with van der Waals surface area (Å²) in [5.41, 5.74) is 2.34. The second kappa shape index (κ2) is 6.00. The summed E-state index contributed by atoms with van der Waals surface area (Å²) >= 11 is 0. The molecule has 4 heteroatoms. The topological polar surface area (TPSA) is 62.2 Å². The monoisotopic (exact) mass is 256 g/mol. The molecule has 0 bridgehead atoms. The summed E-state index contributed by atoms with van der Waals surface area (Å²) in [6, 6.07) is 8.84. The molecular weight excluding hydrogens is 240 g/mol. The average molecular weight is 256 g/mol. The van der Waals surface area contributed by atoms with Crippen molar-refractivity contribution in [3.63, 3.8) is 0 Å². The molecule has 1 aromatic heterocycles. The van der Waals surface area contributed by atoms with Gasteiger partial charge in [-0.15, -0.1) is 0 Å². The van der Waals surface area contributed by atoms with Crippen LogP contribution in [0.5, 0.6) is 5.75 Å². The minimum atomic E-state index is -0.258. The third kappa shape index (κ3) is 3.55. The first-order valence-electron chi connectivity index (χ1n) is 6.13. The number of amides is 1. The fourth-order valence-electron chi connectivity index (χ4n) is 1.80. The Morgan fingerprint density at radius 3 is 2.68 bits per heavy atom. The van der Waals surface area contributed by atoms with E-state index in [1.807, 2.05) is 19.1 Å². The molecule has 0 aliphatic heterocycles. The van der Waals surface area contributed by atoms with Crippen molar-refractivity contribution in [2.75, 3.05) is 6.54 Å². The lowest BCUT2D eigenvalue weighted by molar-refractivity contribution is 0.0951. The van der Waals surface area contributed by atoms with Crippen LogP contribution in [0, 0.1) is 6.92 Å². The number of carbonyl (C=O) groups excluding carboxylic acids is 1. The van der Waals surface area contributed by atoms with Crippen molar-refractivity contribution in [1.82, 2.24) is 10.3 Å². The lowest BCUT2D eigenvalue weighted by atomic mass is 10.1. The van der Waals surface area contributed by atoms with Gasteiger partial charge in [0.15, 0.2) is 0 Å². The summed E-state index contributed by atoms with van der Waals surface area (Å²) in [4.78, 5) is 15.8. The average Bonchev–Trinajstić information content (AvgIpc) is 2.39. The molecule has 1 heterocycles. The molecule has 0 unspecified atom stereocenters. The number of phenols is 1. The first kappa shape index (κ1) is 13.1. The number of aryl methyl sites for hydroxylation is 1. The lowest BCUT2D eigenvalue weighted by Gasteiger charge is -2.07. The molecule has 0 saturated carbocycles. The van der Waals surface area contributed by atoms with E-state index in [4.69, 9.17) is 0 Å². The Hall–Kier alpha value is -2.36.